The van der Waals surface area contributed by atoms with E-state index in [0.717, 1.165) is 51.4 Å². The van der Waals surface area contributed by atoms with Crippen molar-refractivity contribution in [2.75, 3.05) is 7.11 Å². The molecule has 0 spiro atoms. The Hall–Kier alpha value is -3.19. The number of benzene rings is 1. The Morgan fingerprint density at radius 2 is 2.13 bits per heavy atom. The Labute approximate surface area is 177 Å². The van der Waals surface area contributed by atoms with E-state index >= 15 is 0 Å². The van der Waals surface area contributed by atoms with Gasteiger partial charge in [0.25, 0.3) is 0 Å². The molecule has 0 radical (unpaired) electrons. The third-order valence-electron chi connectivity index (χ3n) is 5.93. The highest BCUT2D eigenvalue weighted by molar-refractivity contribution is 7.10. The summed E-state index contributed by atoms with van der Waals surface area (Å²) >= 11 is 1.72. The molecule has 1 aliphatic heterocycles. The lowest BCUT2D eigenvalue weighted by atomic mass is 9.99. The van der Waals surface area contributed by atoms with E-state index in [0.29, 0.717) is 11.8 Å². The number of aromatic amines is 1. The average Bonchev–Trinajstić information content (AvgIpc) is 3.32. The van der Waals surface area contributed by atoms with Crippen molar-refractivity contribution in [2.45, 2.75) is 31.2 Å². The van der Waals surface area contributed by atoms with Gasteiger partial charge in [0.1, 0.15) is 17.4 Å². The van der Waals surface area contributed by atoms with Gasteiger partial charge >= 0.3 is 0 Å². The van der Waals surface area contributed by atoms with E-state index in [9.17, 15) is 0 Å². The number of thiophene rings is 1. The summed E-state index contributed by atoms with van der Waals surface area (Å²) in [7, 11) is 1.69. The molecule has 1 atom stereocenters. The molecular weight excluding hydrogens is 394 g/mol. The molecule has 30 heavy (non-hydrogen) atoms. The molecule has 3 N–H and O–H groups in total. The quantitative estimate of drug-likeness (QED) is 0.447. The second-order valence-corrected chi connectivity index (χ2v) is 8.93. The van der Waals surface area contributed by atoms with Crippen molar-refractivity contribution in [2.24, 2.45) is 0 Å². The number of rotatable bonds is 4. The molecule has 6 rings (SSSR count). The van der Waals surface area contributed by atoms with Crippen LogP contribution in [0.5, 0.6) is 5.75 Å². The van der Waals surface area contributed by atoms with Crippen LogP contribution in [0.15, 0.2) is 41.9 Å². The Bertz CT molecular complexity index is 1290. The fourth-order valence-corrected chi connectivity index (χ4v) is 5.09. The van der Waals surface area contributed by atoms with E-state index in [1.165, 1.54) is 17.7 Å². The fourth-order valence-electron chi connectivity index (χ4n) is 4.13. The van der Waals surface area contributed by atoms with Gasteiger partial charge in [-0.1, -0.05) is 12.1 Å². The van der Waals surface area contributed by atoms with Crippen LogP contribution in [-0.4, -0.2) is 27.9 Å². The zero-order valence-electron chi connectivity index (χ0n) is 16.5. The van der Waals surface area contributed by atoms with Gasteiger partial charge in [0.15, 0.2) is 0 Å². The predicted octanol–water partition coefficient (Wildman–Crippen LogP) is 4.78. The Kier molecular flexibility index (Phi) is 3.92. The predicted molar refractivity (Wildman–Crippen MR) is 119 cm³/mol. The van der Waals surface area contributed by atoms with Crippen molar-refractivity contribution >= 4 is 28.1 Å². The van der Waals surface area contributed by atoms with Gasteiger partial charge in [0, 0.05) is 45.4 Å². The van der Waals surface area contributed by atoms with Crippen LogP contribution in [0.1, 0.15) is 46.8 Å². The van der Waals surface area contributed by atoms with Gasteiger partial charge in [0.2, 0.25) is 0 Å². The van der Waals surface area contributed by atoms with Crippen molar-refractivity contribution in [1.82, 2.24) is 20.3 Å². The molecule has 6 nitrogen and oxygen atoms in total. The molecule has 1 unspecified atom stereocenters. The SMILES string of the molecule is COc1cccc2cc(-c3csc(C4Cc5nc(C6CC6)ncc5C(=N)N4)c3)[nH]c12. The van der Waals surface area contributed by atoms with Crippen molar-refractivity contribution in [1.29, 1.82) is 5.41 Å². The summed E-state index contributed by atoms with van der Waals surface area (Å²) in [6.07, 6.45) is 4.96. The van der Waals surface area contributed by atoms with Gasteiger partial charge < -0.3 is 15.0 Å². The zero-order valence-corrected chi connectivity index (χ0v) is 17.3. The number of nitrogens with zero attached hydrogens (tertiary/aromatic N) is 2. The van der Waals surface area contributed by atoms with Crippen LogP contribution >= 0.6 is 11.3 Å². The monoisotopic (exact) mass is 415 g/mol. The summed E-state index contributed by atoms with van der Waals surface area (Å²) in [5.41, 5.74) is 5.05. The molecule has 3 aromatic heterocycles. The molecule has 2 aliphatic rings. The zero-order chi connectivity index (χ0) is 20.2. The largest absolute Gasteiger partial charge is 0.495 e. The summed E-state index contributed by atoms with van der Waals surface area (Å²) in [5, 5.41) is 15.1. The minimum Gasteiger partial charge on any atom is -0.495 e. The Balaban J connectivity index is 1.31. The van der Waals surface area contributed by atoms with Gasteiger partial charge in [-0.15, -0.1) is 11.3 Å². The average molecular weight is 416 g/mol. The van der Waals surface area contributed by atoms with E-state index < -0.39 is 0 Å². The molecular formula is C23H21N5OS. The van der Waals surface area contributed by atoms with E-state index in [1.807, 2.05) is 18.3 Å². The second kappa shape index (κ2) is 6.67. The number of H-pyrrole nitrogens is 1. The first-order chi connectivity index (χ1) is 14.7. The number of fused-ring (bicyclic) bond motifs is 2. The van der Waals surface area contributed by atoms with Gasteiger partial charge in [0.05, 0.1) is 29.9 Å². The fraction of sp³-hybridized carbons (Fsp3) is 0.261. The molecule has 4 heterocycles. The highest BCUT2D eigenvalue weighted by Gasteiger charge is 2.30. The minimum atomic E-state index is 0.0598. The standard InChI is InChI=1S/C23H21N5OS/c1-29-19-4-2-3-13-7-16(26-21(13)19)14-8-20(30-11-14)18-9-17-15(22(24)27-18)10-25-23(28-17)12-5-6-12/h2-4,7-8,10-12,18,26H,5-6,9H2,1H3,(H2,24,27). The van der Waals surface area contributed by atoms with Crippen molar-refractivity contribution < 1.29 is 4.74 Å². The molecule has 1 aromatic carbocycles. The van der Waals surface area contributed by atoms with Crippen LogP contribution in [0.3, 0.4) is 0 Å². The van der Waals surface area contributed by atoms with Gasteiger partial charge in [-0.2, -0.15) is 0 Å². The second-order valence-electron chi connectivity index (χ2n) is 7.98. The van der Waals surface area contributed by atoms with Crippen molar-refractivity contribution in [3.8, 4) is 17.0 Å². The smallest absolute Gasteiger partial charge is 0.142 e. The molecule has 7 heteroatoms. The van der Waals surface area contributed by atoms with E-state index in [1.54, 1.807) is 18.4 Å². The summed E-state index contributed by atoms with van der Waals surface area (Å²) in [6.45, 7) is 0. The number of aromatic nitrogens is 3. The van der Waals surface area contributed by atoms with Crippen LogP contribution in [0, 0.1) is 5.41 Å². The van der Waals surface area contributed by atoms with Gasteiger partial charge in [-0.3, -0.25) is 5.41 Å². The molecule has 4 aromatic rings. The van der Waals surface area contributed by atoms with Crippen LogP contribution in [0.2, 0.25) is 0 Å². The Morgan fingerprint density at radius 3 is 2.97 bits per heavy atom. The minimum absolute atomic E-state index is 0.0598. The van der Waals surface area contributed by atoms with Crippen LogP contribution in [0.25, 0.3) is 22.2 Å². The summed E-state index contributed by atoms with van der Waals surface area (Å²) < 4.78 is 5.48. The van der Waals surface area contributed by atoms with Gasteiger partial charge in [-0.05, 0) is 31.0 Å². The Morgan fingerprint density at radius 1 is 1.23 bits per heavy atom. The molecule has 0 saturated heterocycles. The maximum atomic E-state index is 8.43. The number of nitrogens with one attached hydrogen (secondary N) is 3. The maximum Gasteiger partial charge on any atom is 0.142 e. The number of ether oxygens (including phenoxy) is 1. The number of amidine groups is 1. The summed E-state index contributed by atoms with van der Waals surface area (Å²) in [6, 6.07) is 10.5. The number of methoxy groups -OCH3 is 1. The number of hydrogen-bond donors (Lipinski definition) is 3. The molecule has 1 fully saturated rings. The molecule has 0 amide bonds. The van der Waals surface area contributed by atoms with Crippen LogP contribution < -0.4 is 10.1 Å². The highest BCUT2D eigenvalue weighted by atomic mass is 32.1. The number of hydrogen-bond acceptors (Lipinski definition) is 5. The van der Waals surface area contributed by atoms with Crippen LogP contribution in [-0.2, 0) is 6.42 Å². The molecule has 150 valence electrons. The van der Waals surface area contributed by atoms with Crippen molar-refractivity contribution in [3.05, 3.63) is 63.9 Å². The van der Waals surface area contributed by atoms with Gasteiger partial charge in [-0.25, -0.2) is 9.97 Å². The third-order valence-corrected chi connectivity index (χ3v) is 6.97. The topological polar surface area (TPSA) is 86.7 Å². The lowest BCUT2D eigenvalue weighted by Gasteiger charge is -2.26. The maximum absolute atomic E-state index is 8.43. The molecule has 1 saturated carbocycles. The summed E-state index contributed by atoms with van der Waals surface area (Å²) in [4.78, 5) is 14.0. The first-order valence-electron chi connectivity index (χ1n) is 10.2. The lowest BCUT2D eigenvalue weighted by Crippen LogP contribution is -2.36. The van der Waals surface area contributed by atoms with E-state index in [4.69, 9.17) is 15.1 Å². The first kappa shape index (κ1) is 17.7. The number of para-hydroxylation sites is 1. The van der Waals surface area contributed by atoms with E-state index in [2.05, 4.69) is 38.9 Å². The van der Waals surface area contributed by atoms with Crippen molar-refractivity contribution in [3.63, 3.8) is 0 Å². The molecule has 1 aliphatic carbocycles. The van der Waals surface area contributed by atoms with E-state index in [-0.39, 0.29) is 6.04 Å². The van der Waals surface area contributed by atoms with Crippen LogP contribution in [0.4, 0.5) is 0 Å². The lowest BCUT2D eigenvalue weighted by molar-refractivity contribution is 0.419. The highest BCUT2D eigenvalue weighted by Crippen LogP contribution is 2.39. The normalized spacial score (nSPS) is 18.3. The third kappa shape index (κ3) is 2.89. The molecule has 0 bridgehead atoms. The summed E-state index contributed by atoms with van der Waals surface area (Å²) in [5.74, 6) is 2.72. The first-order valence-corrected chi connectivity index (χ1v) is 11.0.